The van der Waals surface area contributed by atoms with Gasteiger partial charge in [0.25, 0.3) is 0 Å². The van der Waals surface area contributed by atoms with E-state index < -0.39 is 0 Å². The van der Waals surface area contributed by atoms with E-state index in [4.69, 9.17) is 21.1 Å². The predicted molar refractivity (Wildman–Crippen MR) is 121 cm³/mol. The van der Waals surface area contributed by atoms with Crippen LogP contribution in [-0.4, -0.2) is 18.5 Å². The van der Waals surface area contributed by atoms with Crippen LogP contribution < -0.4 is 9.47 Å². The van der Waals surface area contributed by atoms with Gasteiger partial charge in [0.1, 0.15) is 11.5 Å². The molecule has 0 bridgehead atoms. The Bertz CT molecular complexity index is 675. The predicted octanol–water partition coefficient (Wildman–Crippen LogP) is 8.18. The molecule has 0 aliphatic carbocycles. The molecule has 0 heterocycles. The highest BCUT2D eigenvalue weighted by Gasteiger charge is 2.13. The van der Waals surface area contributed by atoms with Crippen molar-refractivity contribution in [1.82, 2.24) is 0 Å². The summed E-state index contributed by atoms with van der Waals surface area (Å²) in [5.74, 6) is 1.64. The minimum Gasteiger partial charge on any atom is -0.493 e. The van der Waals surface area contributed by atoms with Crippen molar-refractivity contribution in [2.24, 2.45) is 0 Å². The largest absolute Gasteiger partial charge is 0.493 e. The first kappa shape index (κ1) is 22.4. The van der Waals surface area contributed by atoms with E-state index in [1.165, 1.54) is 44.9 Å². The maximum atomic E-state index is 6.52. The van der Waals surface area contributed by atoms with E-state index in [1.807, 2.05) is 18.2 Å². The number of hydrogen-bond donors (Lipinski definition) is 0. The van der Waals surface area contributed by atoms with E-state index in [0.717, 1.165) is 47.1 Å². The average molecular weight is 456 g/mol. The SMILES string of the molecule is CCCCCOc1c(Cl)cc(OCCCCCCCCBr)c2ccccc12. The summed E-state index contributed by atoms with van der Waals surface area (Å²) in [6, 6.07) is 10.1. The molecule has 0 saturated carbocycles. The Kier molecular flexibility index (Phi) is 11.0. The zero-order valence-electron chi connectivity index (χ0n) is 16.4. The van der Waals surface area contributed by atoms with Gasteiger partial charge in [0.05, 0.1) is 18.2 Å². The highest BCUT2D eigenvalue weighted by Crippen LogP contribution is 2.39. The summed E-state index contributed by atoms with van der Waals surface area (Å²) in [7, 11) is 0. The fourth-order valence-corrected chi connectivity index (χ4v) is 3.81. The van der Waals surface area contributed by atoms with Crippen molar-refractivity contribution in [3.8, 4) is 11.5 Å². The molecule has 2 aromatic rings. The smallest absolute Gasteiger partial charge is 0.145 e. The highest BCUT2D eigenvalue weighted by atomic mass is 79.9. The monoisotopic (exact) mass is 454 g/mol. The van der Waals surface area contributed by atoms with Gasteiger partial charge in [0.2, 0.25) is 0 Å². The van der Waals surface area contributed by atoms with Gasteiger partial charge in [0.15, 0.2) is 0 Å². The summed E-state index contributed by atoms with van der Waals surface area (Å²) in [4.78, 5) is 0. The van der Waals surface area contributed by atoms with Gasteiger partial charge in [-0.25, -0.2) is 0 Å². The minimum absolute atomic E-state index is 0.634. The van der Waals surface area contributed by atoms with Gasteiger partial charge in [-0.3, -0.25) is 0 Å². The molecule has 0 fully saturated rings. The maximum absolute atomic E-state index is 6.52. The normalized spacial score (nSPS) is 11.1. The van der Waals surface area contributed by atoms with E-state index in [-0.39, 0.29) is 0 Å². The van der Waals surface area contributed by atoms with Crippen LogP contribution in [0.4, 0.5) is 0 Å². The van der Waals surface area contributed by atoms with Crippen LogP contribution in [0, 0.1) is 0 Å². The van der Waals surface area contributed by atoms with Gasteiger partial charge < -0.3 is 9.47 Å². The molecule has 2 nitrogen and oxygen atoms in total. The summed E-state index contributed by atoms with van der Waals surface area (Å²) >= 11 is 10.0. The average Bonchev–Trinajstić information content (AvgIpc) is 2.69. The van der Waals surface area contributed by atoms with E-state index >= 15 is 0 Å². The third-order valence-corrected chi connectivity index (χ3v) is 5.53. The first-order valence-electron chi connectivity index (χ1n) is 10.3. The van der Waals surface area contributed by atoms with Crippen LogP contribution in [0.2, 0.25) is 5.02 Å². The van der Waals surface area contributed by atoms with Gasteiger partial charge in [-0.05, 0) is 19.3 Å². The lowest BCUT2D eigenvalue weighted by atomic mass is 10.1. The number of rotatable bonds is 14. The lowest BCUT2D eigenvalue weighted by molar-refractivity contribution is 0.302. The molecule has 2 rings (SSSR count). The molecule has 150 valence electrons. The number of fused-ring (bicyclic) bond motifs is 1. The van der Waals surface area contributed by atoms with E-state index in [0.29, 0.717) is 11.6 Å². The number of ether oxygens (including phenoxy) is 2. The molecule has 0 amide bonds. The van der Waals surface area contributed by atoms with Crippen LogP contribution in [-0.2, 0) is 0 Å². The standard InChI is InChI=1S/C23H32BrClO2/c1-2-3-11-17-27-23-20-14-9-8-13-19(20)22(18-21(23)25)26-16-12-7-5-4-6-10-15-24/h8-9,13-14,18H,2-7,10-12,15-17H2,1H3. The Morgan fingerprint density at radius 3 is 2.19 bits per heavy atom. The first-order chi connectivity index (χ1) is 13.3. The van der Waals surface area contributed by atoms with Crippen molar-refractivity contribution in [3.05, 3.63) is 35.4 Å². The molecule has 0 aromatic heterocycles. The van der Waals surface area contributed by atoms with Crippen LogP contribution in [0.25, 0.3) is 10.8 Å². The van der Waals surface area contributed by atoms with Gasteiger partial charge in [0, 0.05) is 22.2 Å². The van der Waals surface area contributed by atoms with Crippen molar-refractivity contribution in [2.45, 2.75) is 64.7 Å². The minimum atomic E-state index is 0.634. The molecule has 0 unspecified atom stereocenters. The van der Waals surface area contributed by atoms with Crippen molar-refractivity contribution < 1.29 is 9.47 Å². The van der Waals surface area contributed by atoms with Crippen molar-refractivity contribution >= 4 is 38.3 Å². The maximum Gasteiger partial charge on any atom is 0.145 e. The van der Waals surface area contributed by atoms with Crippen LogP contribution in [0.1, 0.15) is 64.7 Å². The second-order valence-corrected chi connectivity index (χ2v) is 8.15. The molecule has 0 aliphatic heterocycles. The Morgan fingerprint density at radius 2 is 1.44 bits per heavy atom. The van der Waals surface area contributed by atoms with Crippen LogP contribution in [0.3, 0.4) is 0 Å². The Morgan fingerprint density at radius 1 is 0.815 bits per heavy atom. The summed E-state index contributed by atoms with van der Waals surface area (Å²) < 4.78 is 12.1. The van der Waals surface area contributed by atoms with Gasteiger partial charge in [-0.2, -0.15) is 0 Å². The molecule has 27 heavy (non-hydrogen) atoms. The molecule has 2 aromatic carbocycles. The molecule has 4 heteroatoms. The summed E-state index contributed by atoms with van der Waals surface area (Å²) in [6.07, 6.45) is 10.9. The quantitative estimate of drug-likeness (QED) is 0.211. The van der Waals surface area contributed by atoms with Crippen molar-refractivity contribution in [1.29, 1.82) is 0 Å². The number of hydrogen-bond acceptors (Lipinski definition) is 2. The van der Waals surface area contributed by atoms with E-state index in [2.05, 4.69) is 35.0 Å². The highest BCUT2D eigenvalue weighted by molar-refractivity contribution is 9.09. The Balaban J connectivity index is 1.93. The van der Waals surface area contributed by atoms with Gasteiger partial charge in [-0.15, -0.1) is 0 Å². The summed E-state index contributed by atoms with van der Waals surface area (Å²) in [5, 5.41) is 3.85. The Hall–Kier alpha value is -0.930. The topological polar surface area (TPSA) is 18.5 Å². The van der Waals surface area contributed by atoms with E-state index in [9.17, 15) is 0 Å². The third kappa shape index (κ3) is 7.54. The summed E-state index contributed by atoms with van der Waals surface area (Å²) in [5.41, 5.74) is 0. The third-order valence-electron chi connectivity index (χ3n) is 4.69. The number of halogens is 2. The molecule has 0 spiro atoms. The first-order valence-corrected chi connectivity index (χ1v) is 11.8. The van der Waals surface area contributed by atoms with Crippen LogP contribution >= 0.6 is 27.5 Å². The fraction of sp³-hybridized carbons (Fsp3) is 0.565. The molecule has 0 atom stereocenters. The zero-order valence-corrected chi connectivity index (χ0v) is 18.8. The molecule has 0 saturated heterocycles. The van der Waals surface area contributed by atoms with Crippen molar-refractivity contribution in [3.63, 3.8) is 0 Å². The molecule has 0 aliphatic rings. The van der Waals surface area contributed by atoms with Gasteiger partial charge in [-0.1, -0.05) is 97.2 Å². The van der Waals surface area contributed by atoms with Gasteiger partial charge >= 0.3 is 0 Å². The molecule has 0 radical (unpaired) electrons. The number of alkyl halides is 1. The zero-order chi connectivity index (χ0) is 19.3. The van der Waals surface area contributed by atoms with E-state index in [1.54, 1.807) is 0 Å². The van der Waals surface area contributed by atoms with Crippen molar-refractivity contribution in [2.75, 3.05) is 18.5 Å². The number of benzene rings is 2. The lowest BCUT2D eigenvalue weighted by Crippen LogP contribution is -2.01. The second-order valence-electron chi connectivity index (χ2n) is 6.95. The fourth-order valence-electron chi connectivity index (χ4n) is 3.16. The lowest BCUT2D eigenvalue weighted by Gasteiger charge is -2.15. The van der Waals surface area contributed by atoms with Crippen LogP contribution in [0.15, 0.2) is 30.3 Å². The molecular weight excluding hydrogens is 424 g/mol. The van der Waals surface area contributed by atoms with Crippen LogP contribution in [0.5, 0.6) is 11.5 Å². The number of unbranched alkanes of at least 4 members (excludes halogenated alkanes) is 7. The molecular formula is C23H32BrClO2. The molecule has 0 N–H and O–H groups in total. The summed E-state index contributed by atoms with van der Waals surface area (Å²) in [6.45, 7) is 3.63. The second kappa shape index (κ2) is 13.3. The Labute approximate surface area is 177 Å².